The number of oxazole rings is 1. The number of amides is 1. The van der Waals surface area contributed by atoms with Crippen LogP contribution in [-0.2, 0) is 0 Å². The number of hydrogen-bond donors (Lipinski definition) is 1. The molecule has 180 valence electrons. The van der Waals surface area contributed by atoms with E-state index >= 15 is 0 Å². The fraction of sp³-hybridized carbons (Fsp3) is 0.143. The van der Waals surface area contributed by atoms with Gasteiger partial charge in [-0.1, -0.05) is 38.1 Å². The van der Waals surface area contributed by atoms with E-state index < -0.39 is 10.8 Å². The lowest BCUT2D eigenvalue weighted by Crippen LogP contribution is -2.11. The van der Waals surface area contributed by atoms with Crippen LogP contribution in [0.3, 0.4) is 0 Å². The van der Waals surface area contributed by atoms with E-state index in [1.807, 2.05) is 43.3 Å². The summed E-state index contributed by atoms with van der Waals surface area (Å²) in [6.07, 6.45) is 0. The smallest absolute Gasteiger partial charge is 0.291 e. The number of carbonyl (C=O) groups excluding carboxylic acids is 1. The lowest BCUT2D eigenvalue weighted by Gasteiger charge is -2.08. The number of aromatic nitrogens is 1. The van der Waals surface area contributed by atoms with Gasteiger partial charge in [0.2, 0.25) is 5.89 Å². The molecule has 3 aromatic carbocycles. The number of anilines is 1. The van der Waals surface area contributed by atoms with Gasteiger partial charge in [-0.25, -0.2) is 4.98 Å². The van der Waals surface area contributed by atoms with E-state index in [2.05, 4.69) is 24.1 Å². The summed E-state index contributed by atoms with van der Waals surface area (Å²) in [5, 5.41) is 13.9. The van der Waals surface area contributed by atoms with Crippen LogP contribution in [0.4, 0.5) is 11.4 Å². The first-order chi connectivity index (χ1) is 17.3. The molecular weight excluding hydrogens is 458 g/mol. The Balaban J connectivity index is 1.39. The van der Waals surface area contributed by atoms with E-state index in [0.717, 1.165) is 16.6 Å². The van der Waals surface area contributed by atoms with Crippen molar-refractivity contribution in [3.63, 3.8) is 0 Å². The zero-order valence-corrected chi connectivity index (χ0v) is 19.9. The highest BCUT2D eigenvalue weighted by Gasteiger charge is 2.17. The molecule has 0 aliphatic rings. The molecule has 0 bridgehead atoms. The third kappa shape index (κ3) is 4.48. The van der Waals surface area contributed by atoms with E-state index in [1.165, 1.54) is 23.8 Å². The normalized spacial score (nSPS) is 11.2. The number of benzene rings is 3. The van der Waals surface area contributed by atoms with Crippen molar-refractivity contribution >= 4 is 28.4 Å². The minimum Gasteiger partial charge on any atom is -0.451 e. The Kier molecular flexibility index (Phi) is 5.85. The maximum Gasteiger partial charge on any atom is 0.291 e. The summed E-state index contributed by atoms with van der Waals surface area (Å²) in [4.78, 5) is 28.1. The van der Waals surface area contributed by atoms with Crippen molar-refractivity contribution in [1.29, 1.82) is 0 Å². The molecule has 0 saturated carbocycles. The number of hydrogen-bond acceptors (Lipinski definition) is 6. The van der Waals surface area contributed by atoms with Crippen molar-refractivity contribution in [2.24, 2.45) is 0 Å². The molecule has 0 aliphatic heterocycles. The van der Waals surface area contributed by atoms with E-state index in [4.69, 9.17) is 8.83 Å². The lowest BCUT2D eigenvalue weighted by molar-refractivity contribution is -0.384. The molecule has 0 unspecified atom stereocenters. The molecule has 8 heteroatoms. The third-order valence-electron chi connectivity index (χ3n) is 5.98. The largest absolute Gasteiger partial charge is 0.451 e. The van der Waals surface area contributed by atoms with Crippen molar-refractivity contribution in [2.45, 2.75) is 26.7 Å². The summed E-state index contributed by atoms with van der Waals surface area (Å²) < 4.78 is 11.7. The number of carbonyl (C=O) groups is 1. The predicted molar refractivity (Wildman–Crippen MR) is 137 cm³/mol. The fourth-order valence-corrected chi connectivity index (χ4v) is 3.89. The monoisotopic (exact) mass is 481 g/mol. The summed E-state index contributed by atoms with van der Waals surface area (Å²) in [5.41, 5.74) is 5.31. The molecule has 0 fully saturated rings. The van der Waals surface area contributed by atoms with Gasteiger partial charge in [-0.2, -0.15) is 0 Å². The standard InChI is InChI=1S/C28H23N3O5/c1-16(2)18-9-10-25-23(14-18)30-28(36-25)20-8-7-17(3)22(15-20)29-27(32)26-12-11-24(35-26)19-5-4-6-21(13-19)31(33)34/h4-16H,1-3H3,(H,29,32). The predicted octanol–water partition coefficient (Wildman–Crippen LogP) is 7.35. The Hall–Kier alpha value is -4.72. The Morgan fingerprint density at radius 2 is 1.81 bits per heavy atom. The molecule has 0 aliphatic carbocycles. The number of non-ortho nitro benzene ring substituents is 1. The number of nitro groups is 1. The van der Waals surface area contributed by atoms with Gasteiger partial charge in [0.05, 0.1) is 4.92 Å². The molecule has 5 aromatic rings. The molecule has 1 amide bonds. The summed E-state index contributed by atoms with van der Waals surface area (Å²) in [6, 6.07) is 20.8. The molecule has 8 nitrogen and oxygen atoms in total. The van der Waals surface area contributed by atoms with Gasteiger partial charge < -0.3 is 14.2 Å². The van der Waals surface area contributed by atoms with Crippen molar-refractivity contribution < 1.29 is 18.6 Å². The van der Waals surface area contributed by atoms with Crippen LogP contribution in [0.25, 0.3) is 33.9 Å². The Labute approximate surface area is 206 Å². The van der Waals surface area contributed by atoms with Crippen molar-refractivity contribution in [2.75, 3.05) is 5.32 Å². The number of rotatable bonds is 6. The second kappa shape index (κ2) is 9.14. The van der Waals surface area contributed by atoms with Crippen LogP contribution in [0.15, 0.2) is 81.6 Å². The van der Waals surface area contributed by atoms with Crippen LogP contribution in [0.2, 0.25) is 0 Å². The summed E-state index contributed by atoms with van der Waals surface area (Å²) in [5.74, 6) is 0.860. The highest BCUT2D eigenvalue weighted by Crippen LogP contribution is 2.30. The van der Waals surface area contributed by atoms with Crippen molar-refractivity contribution in [1.82, 2.24) is 4.98 Å². The number of aryl methyl sites for hydroxylation is 1. The fourth-order valence-electron chi connectivity index (χ4n) is 3.89. The molecule has 36 heavy (non-hydrogen) atoms. The van der Waals surface area contributed by atoms with Gasteiger partial charge in [0, 0.05) is 28.9 Å². The van der Waals surface area contributed by atoms with Gasteiger partial charge in [-0.15, -0.1) is 0 Å². The number of nitrogens with zero attached hydrogens (tertiary/aromatic N) is 2. The second-order valence-corrected chi connectivity index (χ2v) is 8.86. The van der Waals surface area contributed by atoms with Gasteiger partial charge in [-0.05, 0) is 60.4 Å². The van der Waals surface area contributed by atoms with Gasteiger partial charge in [0.15, 0.2) is 11.3 Å². The van der Waals surface area contributed by atoms with Gasteiger partial charge >= 0.3 is 0 Å². The van der Waals surface area contributed by atoms with E-state index in [9.17, 15) is 14.9 Å². The first-order valence-electron chi connectivity index (χ1n) is 11.5. The number of fused-ring (bicyclic) bond motifs is 1. The van der Waals surface area contributed by atoms with Crippen LogP contribution >= 0.6 is 0 Å². The molecule has 0 atom stereocenters. The highest BCUT2D eigenvalue weighted by atomic mass is 16.6. The van der Waals surface area contributed by atoms with Crippen LogP contribution in [0, 0.1) is 17.0 Å². The number of nitro benzene ring substituents is 1. The molecule has 2 heterocycles. The second-order valence-electron chi connectivity index (χ2n) is 8.86. The van der Waals surface area contributed by atoms with Crippen molar-refractivity contribution in [3.8, 4) is 22.8 Å². The van der Waals surface area contributed by atoms with Gasteiger partial charge in [-0.3, -0.25) is 14.9 Å². The number of nitrogens with one attached hydrogen (secondary N) is 1. The SMILES string of the molecule is Cc1ccc(-c2nc3cc(C(C)C)ccc3o2)cc1NC(=O)c1ccc(-c2cccc([N+](=O)[O-])c2)o1. The molecule has 0 radical (unpaired) electrons. The first kappa shape index (κ1) is 23.0. The average Bonchev–Trinajstić information content (AvgIpc) is 3.52. The van der Waals surface area contributed by atoms with E-state index in [-0.39, 0.29) is 11.4 Å². The minimum atomic E-state index is -0.476. The van der Waals surface area contributed by atoms with Gasteiger partial charge in [0.1, 0.15) is 11.3 Å². The molecular formula is C28H23N3O5. The summed E-state index contributed by atoms with van der Waals surface area (Å²) in [7, 11) is 0. The minimum absolute atomic E-state index is 0.0537. The summed E-state index contributed by atoms with van der Waals surface area (Å²) >= 11 is 0. The third-order valence-corrected chi connectivity index (χ3v) is 5.98. The quantitative estimate of drug-likeness (QED) is 0.200. The molecule has 0 saturated heterocycles. The van der Waals surface area contributed by atoms with E-state index in [1.54, 1.807) is 18.2 Å². The first-order valence-corrected chi connectivity index (χ1v) is 11.5. The summed E-state index contributed by atoms with van der Waals surface area (Å²) in [6.45, 7) is 6.14. The van der Waals surface area contributed by atoms with Gasteiger partial charge in [0.25, 0.3) is 11.6 Å². The Morgan fingerprint density at radius 1 is 0.972 bits per heavy atom. The van der Waals surface area contributed by atoms with Crippen LogP contribution in [-0.4, -0.2) is 15.8 Å². The van der Waals surface area contributed by atoms with Crippen LogP contribution in [0.5, 0.6) is 0 Å². The van der Waals surface area contributed by atoms with Crippen molar-refractivity contribution in [3.05, 3.63) is 99.8 Å². The maximum absolute atomic E-state index is 12.9. The molecule has 0 spiro atoms. The number of furan rings is 1. The van der Waals surface area contributed by atoms with Crippen LogP contribution in [0.1, 0.15) is 41.4 Å². The zero-order chi connectivity index (χ0) is 25.4. The zero-order valence-electron chi connectivity index (χ0n) is 19.9. The molecule has 5 rings (SSSR count). The van der Waals surface area contributed by atoms with Crippen LogP contribution < -0.4 is 5.32 Å². The maximum atomic E-state index is 12.9. The molecule has 1 N–H and O–H groups in total. The van der Waals surface area contributed by atoms with E-state index in [0.29, 0.717) is 34.4 Å². The Bertz CT molecular complexity index is 1610. The molecule has 2 aromatic heterocycles. The Morgan fingerprint density at radius 3 is 2.58 bits per heavy atom. The highest BCUT2D eigenvalue weighted by molar-refractivity contribution is 6.03. The average molecular weight is 482 g/mol. The lowest BCUT2D eigenvalue weighted by atomic mass is 10.0. The topological polar surface area (TPSA) is 111 Å².